The Kier molecular flexibility index (Phi) is 3.23. The zero-order chi connectivity index (χ0) is 10.6. The van der Waals surface area contributed by atoms with Crippen molar-refractivity contribution in [1.82, 2.24) is 9.97 Å². The molecule has 0 saturated heterocycles. The summed E-state index contributed by atoms with van der Waals surface area (Å²) in [6.45, 7) is 3.66. The second-order valence-electron chi connectivity index (χ2n) is 2.72. The van der Waals surface area contributed by atoms with E-state index in [0.29, 0.717) is 10.7 Å². The second-order valence-corrected chi connectivity index (χ2v) is 2.72. The fourth-order valence-electron chi connectivity index (χ4n) is 1.04. The van der Waals surface area contributed by atoms with E-state index in [2.05, 4.69) is 9.97 Å². The first kappa shape index (κ1) is 10.2. The van der Waals surface area contributed by atoms with Crippen LogP contribution in [0, 0.1) is 0 Å². The average molecular weight is 192 g/mol. The monoisotopic (exact) mass is 192 g/mol. The molecule has 1 aromatic rings. The van der Waals surface area contributed by atoms with Gasteiger partial charge in [-0.15, -0.1) is 0 Å². The van der Waals surface area contributed by atoms with Gasteiger partial charge < -0.3 is 9.97 Å². The summed E-state index contributed by atoms with van der Waals surface area (Å²) in [6, 6.07) is 0. The van der Waals surface area contributed by atoms with Crippen LogP contribution in [-0.2, 0) is 0 Å². The molecule has 0 radical (unpaired) electrons. The molecule has 0 unspecified atom stereocenters. The lowest BCUT2D eigenvalue weighted by Crippen LogP contribution is -2.46. The van der Waals surface area contributed by atoms with Crippen LogP contribution in [0.3, 0.4) is 0 Å². The van der Waals surface area contributed by atoms with Gasteiger partial charge in [0.1, 0.15) is 0 Å². The highest BCUT2D eigenvalue weighted by Gasteiger charge is 1.91. The highest BCUT2D eigenvalue weighted by Crippen LogP contribution is 1.67. The van der Waals surface area contributed by atoms with E-state index in [9.17, 15) is 9.59 Å². The summed E-state index contributed by atoms with van der Waals surface area (Å²) in [7, 11) is 0. The summed E-state index contributed by atoms with van der Waals surface area (Å²) in [5, 5.41) is 1.22. The smallest absolute Gasteiger partial charge is 0.314 e. The van der Waals surface area contributed by atoms with Crippen molar-refractivity contribution in [3.8, 4) is 0 Å². The van der Waals surface area contributed by atoms with Crippen molar-refractivity contribution >= 4 is 12.2 Å². The second kappa shape index (κ2) is 4.41. The van der Waals surface area contributed by atoms with Gasteiger partial charge in [0.05, 0.1) is 10.7 Å². The maximum atomic E-state index is 11.0. The van der Waals surface area contributed by atoms with Gasteiger partial charge in [0.25, 0.3) is 0 Å². The summed E-state index contributed by atoms with van der Waals surface area (Å²) in [5.74, 6) is 0. The predicted molar refractivity (Wildman–Crippen MR) is 56.4 cm³/mol. The minimum atomic E-state index is -0.633. The first-order valence-corrected chi connectivity index (χ1v) is 4.31. The topological polar surface area (TPSA) is 65.7 Å². The molecular formula is C10H12N2O2. The minimum Gasteiger partial charge on any atom is -0.316 e. The summed E-state index contributed by atoms with van der Waals surface area (Å²) in [5.41, 5.74) is -1.26. The number of H-pyrrole nitrogens is 2. The Bertz CT molecular complexity index is 561. The van der Waals surface area contributed by atoms with Crippen LogP contribution in [0.4, 0.5) is 0 Å². The number of allylic oxidation sites excluding steroid dienone is 2. The zero-order valence-corrected chi connectivity index (χ0v) is 8.13. The molecule has 0 aromatic carbocycles. The van der Waals surface area contributed by atoms with E-state index in [0.717, 1.165) is 0 Å². The van der Waals surface area contributed by atoms with Gasteiger partial charge in [-0.05, 0) is 19.9 Å². The summed E-state index contributed by atoms with van der Waals surface area (Å²) in [6.07, 6.45) is 7.08. The molecule has 2 N–H and O–H groups in total. The highest BCUT2D eigenvalue weighted by atomic mass is 16.2. The predicted octanol–water partition coefficient (Wildman–Crippen LogP) is -0.780. The SMILES string of the molecule is C\C=c1/[nH]c(=O)c(=O)[nH]/c1=C/C=C/C. The van der Waals surface area contributed by atoms with E-state index in [1.165, 1.54) is 0 Å². The highest BCUT2D eigenvalue weighted by molar-refractivity contribution is 5.34. The molecule has 1 aromatic heterocycles. The van der Waals surface area contributed by atoms with Crippen LogP contribution in [0.25, 0.3) is 12.2 Å². The molecular weight excluding hydrogens is 180 g/mol. The lowest BCUT2D eigenvalue weighted by atomic mass is 10.4. The molecule has 0 amide bonds. The summed E-state index contributed by atoms with van der Waals surface area (Å²) in [4.78, 5) is 27.0. The van der Waals surface area contributed by atoms with Gasteiger partial charge in [0.15, 0.2) is 0 Å². The number of nitrogens with one attached hydrogen (secondary N) is 2. The molecule has 1 rings (SSSR count). The average Bonchev–Trinajstić information content (AvgIpc) is 2.19. The lowest BCUT2D eigenvalue weighted by Gasteiger charge is -1.88. The lowest BCUT2D eigenvalue weighted by molar-refractivity contribution is 1.00. The van der Waals surface area contributed by atoms with Gasteiger partial charge in [-0.2, -0.15) is 0 Å². The van der Waals surface area contributed by atoms with Gasteiger partial charge in [-0.3, -0.25) is 9.59 Å². The Balaban J connectivity index is 3.68. The quantitative estimate of drug-likeness (QED) is 0.573. The van der Waals surface area contributed by atoms with Crippen molar-refractivity contribution < 1.29 is 0 Å². The Morgan fingerprint density at radius 1 is 1.00 bits per heavy atom. The van der Waals surface area contributed by atoms with Crippen LogP contribution >= 0.6 is 0 Å². The van der Waals surface area contributed by atoms with E-state index in [-0.39, 0.29) is 0 Å². The Labute approximate surface area is 80.3 Å². The van der Waals surface area contributed by atoms with E-state index < -0.39 is 11.1 Å². The van der Waals surface area contributed by atoms with Crippen LogP contribution in [0.1, 0.15) is 13.8 Å². The van der Waals surface area contributed by atoms with Gasteiger partial charge in [-0.25, -0.2) is 0 Å². The molecule has 0 fully saturated rings. The van der Waals surface area contributed by atoms with Crippen LogP contribution in [-0.4, -0.2) is 9.97 Å². The zero-order valence-electron chi connectivity index (χ0n) is 8.13. The molecule has 74 valence electrons. The molecule has 0 spiro atoms. The Morgan fingerprint density at radius 2 is 1.57 bits per heavy atom. The Hall–Kier alpha value is -1.84. The van der Waals surface area contributed by atoms with Gasteiger partial charge >= 0.3 is 11.1 Å². The molecule has 0 aliphatic carbocycles. The van der Waals surface area contributed by atoms with Crippen LogP contribution < -0.4 is 21.8 Å². The molecule has 0 aliphatic heterocycles. The third-order valence-electron chi connectivity index (χ3n) is 1.74. The first-order valence-electron chi connectivity index (χ1n) is 4.31. The van der Waals surface area contributed by atoms with Crippen LogP contribution in [0.5, 0.6) is 0 Å². The third-order valence-corrected chi connectivity index (χ3v) is 1.74. The molecule has 4 heteroatoms. The summed E-state index contributed by atoms with van der Waals surface area (Å²) >= 11 is 0. The maximum absolute atomic E-state index is 11.0. The molecule has 4 nitrogen and oxygen atoms in total. The number of aromatic nitrogens is 2. The van der Waals surface area contributed by atoms with Crippen molar-refractivity contribution in [3.63, 3.8) is 0 Å². The van der Waals surface area contributed by atoms with Crippen molar-refractivity contribution in [2.24, 2.45) is 0 Å². The molecule has 0 saturated carbocycles. The fraction of sp³-hybridized carbons (Fsp3) is 0.200. The molecule has 0 atom stereocenters. The first-order chi connectivity index (χ1) is 6.69. The van der Waals surface area contributed by atoms with Crippen molar-refractivity contribution in [2.45, 2.75) is 13.8 Å². The third kappa shape index (κ3) is 2.10. The number of hydrogen-bond acceptors (Lipinski definition) is 2. The van der Waals surface area contributed by atoms with Crippen LogP contribution in [0.2, 0.25) is 0 Å². The fourth-order valence-corrected chi connectivity index (χ4v) is 1.04. The normalized spacial score (nSPS) is 14.1. The van der Waals surface area contributed by atoms with Gasteiger partial charge in [0.2, 0.25) is 0 Å². The standard InChI is InChI=1S/C10H12N2O2/c1-3-5-6-8-7(4-2)11-9(13)10(14)12-8/h3-6H,1-2H3,(H,11,13)(H,12,14)/b5-3+,7-4-,8-6+. The minimum absolute atomic E-state index is 0.607. The van der Waals surface area contributed by atoms with E-state index in [1.807, 2.05) is 13.0 Å². The molecule has 0 aliphatic rings. The van der Waals surface area contributed by atoms with Crippen molar-refractivity contribution in [2.75, 3.05) is 0 Å². The van der Waals surface area contributed by atoms with Crippen molar-refractivity contribution in [1.29, 1.82) is 0 Å². The number of hydrogen-bond donors (Lipinski definition) is 2. The van der Waals surface area contributed by atoms with E-state index in [1.54, 1.807) is 25.2 Å². The maximum Gasteiger partial charge on any atom is 0.314 e. The number of rotatable bonds is 1. The molecule has 0 bridgehead atoms. The summed E-state index contributed by atoms with van der Waals surface area (Å²) < 4.78 is 0. The largest absolute Gasteiger partial charge is 0.316 e. The van der Waals surface area contributed by atoms with Crippen LogP contribution in [0.15, 0.2) is 21.7 Å². The van der Waals surface area contributed by atoms with E-state index >= 15 is 0 Å². The van der Waals surface area contributed by atoms with Gasteiger partial charge in [0, 0.05) is 0 Å². The number of aromatic amines is 2. The molecule has 1 heterocycles. The molecule has 14 heavy (non-hydrogen) atoms. The van der Waals surface area contributed by atoms with Crippen molar-refractivity contribution in [3.05, 3.63) is 43.6 Å². The van der Waals surface area contributed by atoms with Gasteiger partial charge in [-0.1, -0.05) is 18.2 Å². The van der Waals surface area contributed by atoms with E-state index in [4.69, 9.17) is 0 Å². The Morgan fingerprint density at radius 3 is 2.07 bits per heavy atom.